The molecule has 2 nitrogen and oxygen atoms in total. The molecule has 0 aliphatic heterocycles. The number of pyridine rings is 1. The lowest BCUT2D eigenvalue weighted by Crippen LogP contribution is -2.04. The third-order valence-corrected chi connectivity index (χ3v) is 2.95. The average Bonchev–Trinajstić information content (AvgIpc) is 2.30. The maximum absolute atomic E-state index is 4.38. The molecule has 0 spiro atoms. The van der Waals surface area contributed by atoms with E-state index in [1.54, 1.807) is 0 Å². The number of aryl methyl sites for hydroxylation is 3. The van der Waals surface area contributed by atoms with E-state index in [-0.39, 0.29) is 0 Å². The molecular formula is C15H18N2. The fraction of sp³-hybridized carbons (Fsp3) is 0.267. The molecule has 1 heterocycles. The van der Waals surface area contributed by atoms with Gasteiger partial charge in [0.15, 0.2) is 0 Å². The van der Waals surface area contributed by atoms with Gasteiger partial charge in [-0.25, -0.2) is 0 Å². The molecule has 1 aromatic carbocycles. The van der Waals surface area contributed by atoms with Gasteiger partial charge in [-0.15, -0.1) is 0 Å². The molecule has 17 heavy (non-hydrogen) atoms. The maximum Gasteiger partial charge on any atom is 0.0623 e. The average molecular weight is 226 g/mol. The molecule has 0 amide bonds. The number of rotatable bonds is 3. The minimum absolute atomic E-state index is 0.774. The van der Waals surface area contributed by atoms with Crippen molar-refractivity contribution in [2.75, 3.05) is 5.32 Å². The highest BCUT2D eigenvalue weighted by atomic mass is 14.9. The van der Waals surface area contributed by atoms with Crippen molar-refractivity contribution in [2.45, 2.75) is 27.3 Å². The zero-order chi connectivity index (χ0) is 12.3. The van der Waals surface area contributed by atoms with Crippen LogP contribution in [0.25, 0.3) is 0 Å². The van der Waals surface area contributed by atoms with Crippen molar-refractivity contribution >= 4 is 5.69 Å². The molecule has 2 rings (SSSR count). The van der Waals surface area contributed by atoms with Gasteiger partial charge in [0.2, 0.25) is 0 Å². The first kappa shape index (κ1) is 11.6. The molecule has 0 aliphatic rings. The molecular weight excluding hydrogens is 208 g/mol. The number of nitrogens with zero attached hydrogens (tertiary/aromatic N) is 1. The first-order valence-electron chi connectivity index (χ1n) is 5.88. The van der Waals surface area contributed by atoms with Crippen LogP contribution in [0.3, 0.4) is 0 Å². The van der Waals surface area contributed by atoms with Crippen LogP contribution < -0.4 is 5.32 Å². The second-order valence-electron chi connectivity index (χ2n) is 4.44. The van der Waals surface area contributed by atoms with Gasteiger partial charge in [-0.1, -0.05) is 23.8 Å². The van der Waals surface area contributed by atoms with Gasteiger partial charge in [-0.3, -0.25) is 4.98 Å². The van der Waals surface area contributed by atoms with Crippen molar-refractivity contribution in [3.05, 3.63) is 58.9 Å². The number of hydrogen-bond donors (Lipinski definition) is 1. The van der Waals surface area contributed by atoms with Crippen molar-refractivity contribution in [2.24, 2.45) is 0 Å². The van der Waals surface area contributed by atoms with E-state index >= 15 is 0 Å². The number of anilines is 1. The highest BCUT2D eigenvalue weighted by Crippen LogP contribution is 2.17. The van der Waals surface area contributed by atoms with Crippen molar-refractivity contribution in [3.8, 4) is 0 Å². The second-order valence-corrected chi connectivity index (χ2v) is 4.44. The fourth-order valence-electron chi connectivity index (χ4n) is 1.89. The third-order valence-electron chi connectivity index (χ3n) is 2.95. The second kappa shape index (κ2) is 5.00. The molecule has 1 N–H and O–H groups in total. The Kier molecular flexibility index (Phi) is 3.43. The van der Waals surface area contributed by atoms with Gasteiger partial charge in [0, 0.05) is 11.9 Å². The Morgan fingerprint density at radius 1 is 1.06 bits per heavy atom. The number of hydrogen-bond acceptors (Lipinski definition) is 2. The van der Waals surface area contributed by atoms with E-state index in [4.69, 9.17) is 0 Å². The molecule has 0 saturated heterocycles. The van der Waals surface area contributed by atoms with E-state index in [0.717, 1.165) is 12.2 Å². The van der Waals surface area contributed by atoms with Crippen molar-refractivity contribution in [1.29, 1.82) is 0 Å². The van der Waals surface area contributed by atoms with Gasteiger partial charge in [-0.2, -0.15) is 0 Å². The summed E-state index contributed by atoms with van der Waals surface area (Å²) in [4.78, 5) is 4.38. The van der Waals surface area contributed by atoms with Crippen LogP contribution in [0.15, 0.2) is 36.5 Å². The summed E-state index contributed by atoms with van der Waals surface area (Å²) in [6, 6.07) is 10.5. The van der Waals surface area contributed by atoms with Gasteiger partial charge in [0.05, 0.1) is 12.2 Å². The maximum atomic E-state index is 4.38. The first-order valence-corrected chi connectivity index (χ1v) is 5.88. The summed E-state index contributed by atoms with van der Waals surface area (Å²) < 4.78 is 0. The Bertz CT molecular complexity index is 518. The first-order chi connectivity index (χ1) is 8.16. The summed E-state index contributed by atoms with van der Waals surface area (Å²) in [5.41, 5.74) is 6.08. The number of nitrogens with one attached hydrogen (secondary N) is 1. The number of aromatic nitrogens is 1. The Balaban J connectivity index is 2.10. The summed E-state index contributed by atoms with van der Waals surface area (Å²) in [6.45, 7) is 7.10. The van der Waals surface area contributed by atoms with E-state index in [0.29, 0.717) is 0 Å². The quantitative estimate of drug-likeness (QED) is 0.864. The third kappa shape index (κ3) is 2.84. The van der Waals surface area contributed by atoms with E-state index in [1.165, 1.54) is 22.4 Å². The molecule has 2 aromatic rings. The van der Waals surface area contributed by atoms with Gasteiger partial charge >= 0.3 is 0 Å². The summed E-state index contributed by atoms with van der Waals surface area (Å²) in [7, 11) is 0. The minimum Gasteiger partial charge on any atom is -0.379 e. The summed E-state index contributed by atoms with van der Waals surface area (Å²) in [5, 5.41) is 3.43. The SMILES string of the molecule is Cc1ccc(NCc2ncccc2C)c(C)c1. The smallest absolute Gasteiger partial charge is 0.0623 e. The minimum atomic E-state index is 0.774. The van der Waals surface area contributed by atoms with Crippen LogP contribution in [0.5, 0.6) is 0 Å². The Morgan fingerprint density at radius 2 is 1.88 bits per heavy atom. The molecule has 0 unspecified atom stereocenters. The molecule has 0 radical (unpaired) electrons. The normalized spacial score (nSPS) is 10.3. The molecule has 88 valence electrons. The van der Waals surface area contributed by atoms with E-state index in [9.17, 15) is 0 Å². The van der Waals surface area contributed by atoms with Gasteiger partial charge < -0.3 is 5.32 Å². The molecule has 0 atom stereocenters. The highest BCUT2D eigenvalue weighted by molar-refractivity contribution is 5.52. The summed E-state index contributed by atoms with van der Waals surface area (Å²) in [5.74, 6) is 0. The molecule has 0 fully saturated rings. The van der Waals surface area contributed by atoms with E-state index < -0.39 is 0 Å². The molecule has 2 heteroatoms. The lowest BCUT2D eigenvalue weighted by atomic mass is 10.1. The van der Waals surface area contributed by atoms with Crippen molar-refractivity contribution in [1.82, 2.24) is 4.98 Å². The van der Waals surface area contributed by atoms with Crippen LogP contribution in [0.4, 0.5) is 5.69 Å². The van der Waals surface area contributed by atoms with Crippen LogP contribution in [0.2, 0.25) is 0 Å². The lowest BCUT2D eigenvalue weighted by molar-refractivity contribution is 1.01. The Morgan fingerprint density at radius 3 is 2.59 bits per heavy atom. The van der Waals surface area contributed by atoms with Crippen LogP contribution in [0, 0.1) is 20.8 Å². The summed E-state index contributed by atoms with van der Waals surface area (Å²) in [6.07, 6.45) is 1.84. The van der Waals surface area contributed by atoms with Crippen LogP contribution in [-0.4, -0.2) is 4.98 Å². The predicted octanol–water partition coefficient (Wildman–Crippen LogP) is 3.62. The molecule has 0 aliphatic carbocycles. The zero-order valence-electron chi connectivity index (χ0n) is 10.6. The predicted molar refractivity (Wildman–Crippen MR) is 72.2 cm³/mol. The van der Waals surface area contributed by atoms with Crippen LogP contribution in [0.1, 0.15) is 22.4 Å². The molecule has 1 aromatic heterocycles. The van der Waals surface area contributed by atoms with E-state index in [1.807, 2.05) is 12.3 Å². The topological polar surface area (TPSA) is 24.9 Å². The molecule has 0 saturated carbocycles. The highest BCUT2D eigenvalue weighted by Gasteiger charge is 2.01. The monoisotopic (exact) mass is 226 g/mol. The molecule has 0 bridgehead atoms. The van der Waals surface area contributed by atoms with Crippen molar-refractivity contribution in [3.63, 3.8) is 0 Å². The van der Waals surface area contributed by atoms with Gasteiger partial charge in [0.25, 0.3) is 0 Å². The van der Waals surface area contributed by atoms with Gasteiger partial charge in [-0.05, 0) is 44.0 Å². The van der Waals surface area contributed by atoms with Crippen molar-refractivity contribution < 1.29 is 0 Å². The largest absolute Gasteiger partial charge is 0.379 e. The summed E-state index contributed by atoms with van der Waals surface area (Å²) >= 11 is 0. The van der Waals surface area contributed by atoms with Crippen LogP contribution >= 0.6 is 0 Å². The number of benzene rings is 1. The van der Waals surface area contributed by atoms with Gasteiger partial charge in [0.1, 0.15) is 0 Å². The standard InChI is InChI=1S/C15H18N2/c1-11-6-7-14(13(3)9-11)17-10-15-12(2)5-4-8-16-15/h4-9,17H,10H2,1-3H3. The fourth-order valence-corrected chi connectivity index (χ4v) is 1.89. The lowest BCUT2D eigenvalue weighted by Gasteiger charge is -2.11. The zero-order valence-corrected chi connectivity index (χ0v) is 10.6. The van der Waals surface area contributed by atoms with Crippen LogP contribution in [-0.2, 0) is 6.54 Å². The van der Waals surface area contributed by atoms with E-state index in [2.05, 4.69) is 55.3 Å². The Labute approximate surface area is 103 Å². The Hall–Kier alpha value is -1.83.